The van der Waals surface area contributed by atoms with Crippen molar-refractivity contribution in [2.45, 2.75) is 57.7 Å². The lowest BCUT2D eigenvalue weighted by Gasteiger charge is -2.19. The normalized spacial score (nSPS) is 14.6. The van der Waals surface area contributed by atoms with E-state index >= 15 is 0 Å². The Hall–Kier alpha value is -3.29. The minimum Gasteiger partial charge on any atom is -0.493 e. The molecule has 34 heavy (non-hydrogen) atoms. The Morgan fingerprint density at radius 2 is 1.94 bits per heavy atom. The second kappa shape index (κ2) is 9.52. The number of carbonyl (C=O) groups excluding carboxylic acids is 1. The zero-order valence-corrected chi connectivity index (χ0v) is 19.3. The van der Waals surface area contributed by atoms with Gasteiger partial charge >= 0.3 is 6.18 Å². The number of H-pyrrole nitrogens is 1. The van der Waals surface area contributed by atoms with Gasteiger partial charge < -0.3 is 9.47 Å². The predicted octanol–water partition coefficient (Wildman–Crippen LogP) is 6.31. The minimum absolute atomic E-state index is 0.0271. The fourth-order valence-electron chi connectivity index (χ4n) is 4.25. The lowest BCUT2D eigenvalue weighted by atomic mass is 9.87. The smallest absolute Gasteiger partial charge is 0.416 e. The first-order valence-corrected chi connectivity index (χ1v) is 11.2. The molecule has 4 rings (SSSR count). The van der Waals surface area contributed by atoms with E-state index in [1.54, 1.807) is 30.5 Å². The summed E-state index contributed by atoms with van der Waals surface area (Å²) in [5, 5.41) is 6.98. The zero-order valence-electron chi connectivity index (χ0n) is 19.3. The molecule has 3 aromatic rings. The summed E-state index contributed by atoms with van der Waals surface area (Å²) in [4.78, 5) is 11.9. The van der Waals surface area contributed by atoms with Gasteiger partial charge in [-0.05, 0) is 61.9 Å². The highest BCUT2D eigenvalue weighted by Gasteiger charge is 2.35. The Balaban J connectivity index is 1.59. The lowest BCUT2D eigenvalue weighted by Crippen LogP contribution is -2.12. The second-order valence-electron chi connectivity index (χ2n) is 8.77. The lowest BCUT2D eigenvalue weighted by molar-refractivity contribution is -0.138. The summed E-state index contributed by atoms with van der Waals surface area (Å²) in [5.74, 6) is 0.738. The van der Waals surface area contributed by atoms with E-state index in [4.69, 9.17) is 9.47 Å². The van der Waals surface area contributed by atoms with Crippen molar-refractivity contribution < 1.29 is 27.4 Å². The minimum atomic E-state index is -4.46. The van der Waals surface area contributed by atoms with E-state index in [1.165, 1.54) is 26.2 Å². The average Bonchev–Trinajstić information content (AvgIpc) is 3.56. The first-order valence-electron chi connectivity index (χ1n) is 11.2. The first-order chi connectivity index (χ1) is 16.2. The van der Waals surface area contributed by atoms with Gasteiger partial charge in [0.1, 0.15) is 12.4 Å². The molecule has 1 aliphatic rings. The average molecular weight is 473 g/mol. The molecular weight excluding hydrogens is 445 g/mol. The third kappa shape index (κ3) is 5.26. The van der Waals surface area contributed by atoms with Crippen LogP contribution >= 0.6 is 0 Å². The van der Waals surface area contributed by atoms with Crippen molar-refractivity contribution in [2.24, 2.45) is 0 Å². The molecule has 1 N–H and O–H groups in total. The van der Waals surface area contributed by atoms with Gasteiger partial charge in [-0.15, -0.1) is 0 Å². The summed E-state index contributed by atoms with van der Waals surface area (Å²) in [6.45, 7) is 3.15. The Morgan fingerprint density at radius 1 is 1.18 bits per heavy atom. The fraction of sp³-hybridized carbons (Fsp3) is 0.385. The number of halogens is 3. The van der Waals surface area contributed by atoms with Crippen LogP contribution in [0, 0.1) is 6.92 Å². The van der Waals surface area contributed by atoms with Gasteiger partial charge in [0.05, 0.1) is 18.4 Å². The molecule has 0 spiro atoms. The van der Waals surface area contributed by atoms with Gasteiger partial charge in [0, 0.05) is 29.7 Å². The number of aryl methyl sites for hydroxylation is 1. The molecule has 8 heteroatoms. The number of nitrogens with zero attached hydrogens (tertiary/aromatic N) is 1. The van der Waals surface area contributed by atoms with Crippen LogP contribution in [-0.2, 0) is 17.6 Å². The van der Waals surface area contributed by atoms with Crippen LogP contribution in [0.2, 0.25) is 0 Å². The molecule has 1 unspecified atom stereocenters. The van der Waals surface area contributed by atoms with E-state index in [-0.39, 0.29) is 36.2 Å². The molecule has 0 aliphatic heterocycles. The number of rotatable bonds is 9. The van der Waals surface area contributed by atoms with Crippen LogP contribution in [0.3, 0.4) is 0 Å². The molecule has 5 nitrogen and oxygen atoms in total. The summed E-state index contributed by atoms with van der Waals surface area (Å²) in [5.41, 5.74) is 2.66. The van der Waals surface area contributed by atoms with Gasteiger partial charge in [-0.3, -0.25) is 9.89 Å². The highest BCUT2D eigenvalue weighted by Crippen LogP contribution is 2.43. The molecule has 0 bridgehead atoms. The predicted molar refractivity (Wildman–Crippen MR) is 121 cm³/mol. The molecule has 1 saturated carbocycles. The molecule has 0 radical (unpaired) electrons. The number of ether oxygens (including phenoxy) is 2. The van der Waals surface area contributed by atoms with Crippen molar-refractivity contribution in [3.8, 4) is 11.5 Å². The number of methoxy groups -OCH3 is 1. The van der Waals surface area contributed by atoms with E-state index in [9.17, 15) is 18.0 Å². The fourth-order valence-corrected chi connectivity index (χ4v) is 4.25. The number of aromatic nitrogens is 2. The monoisotopic (exact) mass is 472 g/mol. The van der Waals surface area contributed by atoms with Crippen LogP contribution in [-0.4, -0.2) is 23.1 Å². The molecule has 2 aromatic carbocycles. The van der Waals surface area contributed by atoms with Crippen molar-refractivity contribution >= 4 is 5.78 Å². The third-order valence-electron chi connectivity index (χ3n) is 6.20. The molecule has 0 saturated heterocycles. The van der Waals surface area contributed by atoms with Crippen molar-refractivity contribution in [1.82, 2.24) is 10.2 Å². The van der Waals surface area contributed by atoms with Crippen LogP contribution in [0.4, 0.5) is 13.2 Å². The maximum atomic E-state index is 13.7. The maximum Gasteiger partial charge on any atom is 0.416 e. The quantitative estimate of drug-likeness (QED) is 0.396. The molecular formula is C26H27F3N2O3. The first kappa shape index (κ1) is 23.9. The van der Waals surface area contributed by atoms with Crippen LogP contribution in [0.25, 0.3) is 0 Å². The maximum absolute atomic E-state index is 13.7. The van der Waals surface area contributed by atoms with Crippen molar-refractivity contribution in [3.05, 3.63) is 76.1 Å². The molecule has 1 fully saturated rings. The topological polar surface area (TPSA) is 64.2 Å². The number of ketones is 1. The van der Waals surface area contributed by atoms with Crippen LogP contribution in [0.5, 0.6) is 11.5 Å². The Morgan fingerprint density at radius 3 is 2.53 bits per heavy atom. The summed E-state index contributed by atoms with van der Waals surface area (Å²) in [7, 11) is 1.47. The molecule has 1 heterocycles. The van der Waals surface area contributed by atoms with Gasteiger partial charge in [0.25, 0.3) is 0 Å². The zero-order chi connectivity index (χ0) is 24.5. The highest BCUT2D eigenvalue weighted by atomic mass is 19.4. The van der Waals surface area contributed by atoms with E-state index in [0.717, 1.165) is 35.2 Å². The van der Waals surface area contributed by atoms with Crippen LogP contribution in [0.15, 0.2) is 42.6 Å². The standard InChI is InChI=1S/C26H27F3N2O3/c1-15(32)10-21(22-13-30-31-16(22)2)19-8-9-24(25(12-19)33-3)34-14-20-7-6-18(17-4-5-17)11-23(20)26(27,28)29/h6-9,11-13,17,21H,4-5,10,14H2,1-3H3,(H,30,31). The van der Waals surface area contributed by atoms with Gasteiger partial charge in [0.2, 0.25) is 0 Å². The van der Waals surface area contributed by atoms with Crippen LogP contribution in [0.1, 0.15) is 71.5 Å². The van der Waals surface area contributed by atoms with Crippen LogP contribution < -0.4 is 9.47 Å². The SMILES string of the molecule is COc1cc(C(CC(C)=O)c2c[nH]nc2C)ccc1OCc1ccc(C2CC2)cc1C(F)(F)F. The Kier molecular flexibility index (Phi) is 6.68. The number of hydrogen-bond acceptors (Lipinski definition) is 4. The Bertz CT molecular complexity index is 1180. The molecule has 180 valence electrons. The number of carbonyl (C=O) groups is 1. The molecule has 0 amide bonds. The number of aromatic amines is 1. The van der Waals surface area contributed by atoms with E-state index < -0.39 is 11.7 Å². The van der Waals surface area contributed by atoms with Crippen molar-refractivity contribution in [1.29, 1.82) is 0 Å². The summed E-state index contributed by atoms with van der Waals surface area (Å²) < 4.78 is 52.3. The third-order valence-corrected chi connectivity index (χ3v) is 6.20. The van der Waals surface area contributed by atoms with Gasteiger partial charge in [-0.2, -0.15) is 18.3 Å². The van der Waals surface area contributed by atoms with E-state index in [2.05, 4.69) is 10.2 Å². The van der Waals surface area contributed by atoms with Crippen molar-refractivity contribution in [3.63, 3.8) is 0 Å². The molecule has 1 aliphatic carbocycles. The van der Waals surface area contributed by atoms with E-state index in [0.29, 0.717) is 11.5 Å². The number of benzene rings is 2. The summed E-state index contributed by atoms with van der Waals surface area (Å²) >= 11 is 0. The van der Waals surface area contributed by atoms with Gasteiger partial charge in [0.15, 0.2) is 11.5 Å². The van der Waals surface area contributed by atoms with Gasteiger partial charge in [-0.1, -0.05) is 18.2 Å². The molecule has 1 aromatic heterocycles. The molecule has 1 atom stereocenters. The number of nitrogens with one attached hydrogen (secondary N) is 1. The Labute approximate surface area is 196 Å². The van der Waals surface area contributed by atoms with Gasteiger partial charge in [-0.25, -0.2) is 0 Å². The largest absolute Gasteiger partial charge is 0.493 e. The summed E-state index contributed by atoms with van der Waals surface area (Å²) in [6, 6.07) is 9.74. The summed E-state index contributed by atoms with van der Waals surface area (Å²) in [6.07, 6.45) is -0.547. The highest BCUT2D eigenvalue weighted by molar-refractivity contribution is 5.77. The number of hydrogen-bond donors (Lipinski definition) is 1. The van der Waals surface area contributed by atoms with Crippen molar-refractivity contribution in [2.75, 3.05) is 7.11 Å². The number of Topliss-reactive ketones (excluding diaryl/α,β-unsaturated/α-hetero) is 1. The number of alkyl halides is 3. The van der Waals surface area contributed by atoms with E-state index in [1.807, 2.05) is 6.92 Å². The second-order valence-corrected chi connectivity index (χ2v) is 8.77.